The van der Waals surface area contributed by atoms with Crippen LogP contribution in [0.5, 0.6) is 5.75 Å². The van der Waals surface area contributed by atoms with E-state index in [0.29, 0.717) is 13.2 Å². The predicted molar refractivity (Wildman–Crippen MR) is 109 cm³/mol. The Morgan fingerprint density at radius 2 is 2.11 bits per heavy atom. The van der Waals surface area contributed by atoms with Crippen LogP contribution in [0.2, 0.25) is 0 Å². The monoisotopic (exact) mass is 365 g/mol. The van der Waals surface area contributed by atoms with Gasteiger partial charge in [-0.1, -0.05) is 18.2 Å². The van der Waals surface area contributed by atoms with Crippen molar-refractivity contribution in [2.24, 2.45) is 4.99 Å². The van der Waals surface area contributed by atoms with Gasteiger partial charge in [0.25, 0.3) is 0 Å². The van der Waals surface area contributed by atoms with E-state index in [9.17, 15) is 0 Å². The summed E-state index contributed by atoms with van der Waals surface area (Å²) in [6.07, 6.45) is 4.91. The maximum atomic E-state index is 5.74. The van der Waals surface area contributed by atoms with Gasteiger partial charge >= 0.3 is 0 Å². The first-order valence-corrected chi connectivity index (χ1v) is 9.29. The molecule has 0 aliphatic carbocycles. The second-order valence-corrected chi connectivity index (χ2v) is 6.35. The van der Waals surface area contributed by atoms with E-state index in [4.69, 9.17) is 4.74 Å². The van der Waals surface area contributed by atoms with E-state index >= 15 is 0 Å². The normalized spacial score (nSPS) is 11.6. The third-order valence-corrected chi connectivity index (χ3v) is 4.28. The number of imidazole rings is 1. The number of aromatic nitrogens is 2. The number of hydrogen-bond donors (Lipinski definition) is 2. The van der Waals surface area contributed by atoms with Crippen molar-refractivity contribution in [2.45, 2.75) is 26.8 Å². The summed E-state index contributed by atoms with van der Waals surface area (Å²) >= 11 is 0. The van der Waals surface area contributed by atoms with E-state index in [-0.39, 0.29) is 0 Å². The SMILES string of the molecule is CCOc1cc(C)ccc1CNC(=NC)NCCc1cn2ccccc2n1. The van der Waals surface area contributed by atoms with Crippen LogP contribution in [0.1, 0.15) is 23.7 Å². The van der Waals surface area contributed by atoms with E-state index in [1.807, 2.05) is 35.7 Å². The molecular formula is C21H27N5O. The Bertz CT molecular complexity index is 883. The lowest BCUT2D eigenvalue weighted by Gasteiger charge is -2.14. The van der Waals surface area contributed by atoms with Crippen molar-refractivity contribution in [3.63, 3.8) is 0 Å². The van der Waals surface area contributed by atoms with Gasteiger partial charge < -0.3 is 19.8 Å². The van der Waals surface area contributed by atoms with E-state index in [1.54, 1.807) is 7.05 Å². The van der Waals surface area contributed by atoms with Crippen LogP contribution in [0.3, 0.4) is 0 Å². The molecule has 2 N–H and O–H groups in total. The maximum absolute atomic E-state index is 5.74. The number of hydrogen-bond acceptors (Lipinski definition) is 3. The van der Waals surface area contributed by atoms with Gasteiger partial charge in [0.05, 0.1) is 12.3 Å². The molecule has 0 unspecified atom stereocenters. The molecule has 6 heteroatoms. The number of guanidine groups is 1. The summed E-state index contributed by atoms with van der Waals surface area (Å²) in [5.74, 6) is 1.69. The number of nitrogens with zero attached hydrogens (tertiary/aromatic N) is 3. The highest BCUT2D eigenvalue weighted by Gasteiger charge is 2.06. The van der Waals surface area contributed by atoms with Gasteiger partial charge in [-0.25, -0.2) is 4.98 Å². The van der Waals surface area contributed by atoms with Crippen LogP contribution >= 0.6 is 0 Å². The highest BCUT2D eigenvalue weighted by atomic mass is 16.5. The average molecular weight is 365 g/mol. The first-order valence-electron chi connectivity index (χ1n) is 9.29. The molecule has 2 aromatic heterocycles. The number of benzene rings is 1. The zero-order valence-corrected chi connectivity index (χ0v) is 16.2. The summed E-state index contributed by atoms with van der Waals surface area (Å²) in [5, 5.41) is 6.69. The lowest BCUT2D eigenvalue weighted by Crippen LogP contribution is -2.38. The Hall–Kier alpha value is -3.02. The quantitative estimate of drug-likeness (QED) is 0.499. The average Bonchev–Trinajstić information content (AvgIpc) is 3.09. The Balaban J connectivity index is 1.52. The number of fused-ring (bicyclic) bond motifs is 1. The maximum Gasteiger partial charge on any atom is 0.191 e. The first-order chi connectivity index (χ1) is 13.2. The van der Waals surface area contributed by atoms with Gasteiger partial charge in [0, 0.05) is 44.5 Å². The molecule has 1 aromatic carbocycles. The van der Waals surface area contributed by atoms with Crippen molar-refractivity contribution in [1.29, 1.82) is 0 Å². The summed E-state index contributed by atoms with van der Waals surface area (Å²) in [6.45, 7) is 6.14. The van der Waals surface area contributed by atoms with Crippen LogP contribution in [-0.4, -0.2) is 35.5 Å². The van der Waals surface area contributed by atoms with Crippen molar-refractivity contribution in [1.82, 2.24) is 20.0 Å². The molecule has 6 nitrogen and oxygen atoms in total. The Kier molecular flexibility index (Phi) is 6.30. The Morgan fingerprint density at radius 3 is 2.89 bits per heavy atom. The zero-order chi connectivity index (χ0) is 19.1. The Morgan fingerprint density at radius 1 is 1.22 bits per heavy atom. The molecule has 0 aliphatic rings. The molecule has 142 valence electrons. The molecule has 2 heterocycles. The minimum Gasteiger partial charge on any atom is -0.494 e. The molecule has 0 saturated carbocycles. The minimum atomic E-state index is 0.655. The minimum absolute atomic E-state index is 0.655. The lowest BCUT2D eigenvalue weighted by atomic mass is 10.1. The second-order valence-electron chi connectivity index (χ2n) is 6.35. The number of ether oxygens (including phenoxy) is 1. The molecule has 0 fully saturated rings. The number of nitrogens with one attached hydrogen (secondary N) is 2. The van der Waals surface area contributed by atoms with Crippen LogP contribution in [0.4, 0.5) is 0 Å². The third kappa shape index (κ3) is 5.00. The summed E-state index contributed by atoms with van der Waals surface area (Å²) < 4.78 is 7.78. The first kappa shape index (κ1) is 18.8. The van der Waals surface area contributed by atoms with Crippen molar-refractivity contribution in [3.05, 3.63) is 65.6 Å². The van der Waals surface area contributed by atoms with E-state index < -0.39 is 0 Å². The molecule has 0 atom stereocenters. The van der Waals surface area contributed by atoms with Gasteiger partial charge in [-0.15, -0.1) is 0 Å². The molecule has 0 aliphatic heterocycles. The van der Waals surface area contributed by atoms with Gasteiger partial charge in [-0.3, -0.25) is 4.99 Å². The summed E-state index contributed by atoms with van der Waals surface area (Å²) in [5.41, 5.74) is 4.34. The van der Waals surface area contributed by atoms with E-state index in [2.05, 4.69) is 51.9 Å². The fourth-order valence-electron chi connectivity index (χ4n) is 2.91. The van der Waals surface area contributed by atoms with Crippen molar-refractivity contribution >= 4 is 11.6 Å². The molecule has 27 heavy (non-hydrogen) atoms. The van der Waals surface area contributed by atoms with Crippen LogP contribution in [0.25, 0.3) is 5.65 Å². The van der Waals surface area contributed by atoms with Crippen LogP contribution in [0, 0.1) is 6.92 Å². The van der Waals surface area contributed by atoms with Gasteiger partial charge in [-0.05, 0) is 37.6 Å². The van der Waals surface area contributed by atoms with Crippen LogP contribution in [-0.2, 0) is 13.0 Å². The topological polar surface area (TPSA) is 63.0 Å². The van der Waals surface area contributed by atoms with Gasteiger partial charge in [0.1, 0.15) is 11.4 Å². The zero-order valence-electron chi connectivity index (χ0n) is 16.2. The predicted octanol–water partition coefficient (Wildman–Crippen LogP) is 2.95. The molecule has 0 spiro atoms. The van der Waals surface area contributed by atoms with Gasteiger partial charge in [0.2, 0.25) is 0 Å². The second kappa shape index (κ2) is 9.07. The molecule has 3 aromatic rings. The molecule has 0 saturated heterocycles. The smallest absolute Gasteiger partial charge is 0.191 e. The highest BCUT2D eigenvalue weighted by molar-refractivity contribution is 5.79. The fraction of sp³-hybridized carbons (Fsp3) is 0.333. The Labute approximate surface area is 160 Å². The molecular weight excluding hydrogens is 338 g/mol. The van der Waals surface area contributed by atoms with Gasteiger partial charge in [0.15, 0.2) is 5.96 Å². The van der Waals surface area contributed by atoms with Crippen molar-refractivity contribution < 1.29 is 4.74 Å². The summed E-state index contributed by atoms with van der Waals surface area (Å²) in [6, 6.07) is 12.3. The van der Waals surface area contributed by atoms with Gasteiger partial charge in [-0.2, -0.15) is 0 Å². The van der Waals surface area contributed by atoms with Crippen molar-refractivity contribution in [3.8, 4) is 5.75 Å². The number of pyridine rings is 1. The summed E-state index contributed by atoms with van der Waals surface area (Å²) in [7, 11) is 1.78. The molecule has 0 radical (unpaired) electrons. The molecule has 0 bridgehead atoms. The van der Waals surface area contributed by atoms with E-state index in [1.165, 1.54) is 5.56 Å². The standard InChI is InChI=1S/C21H27N5O/c1-4-27-19-13-16(2)8-9-17(19)14-24-21(22-3)23-11-10-18-15-26-12-6-5-7-20(26)25-18/h5-9,12-13,15H,4,10-11,14H2,1-3H3,(H2,22,23,24). The van der Waals surface area contributed by atoms with Crippen LogP contribution < -0.4 is 15.4 Å². The molecule has 0 amide bonds. The van der Waals surface area contributed by atoms with Crippen LogP contribution in [0.15, 0.2) is 53.8 Å². The fourth-order valence-corrected chi connectivity index (χ4v) is 2.91. The number of aryl methyl sites for hydroxylation is 1. The third-order valence-electron chi connectivity index (χ3n) is 4.28. The number of rotatable bonds is 7. The largest absolute Gasteiger partial charge is 0.494 e. The van der Waals surface area contributed by atoms with E-state index in [0.717, 1.165) is 41.6 Å². The lowest BCUT2D eigenvalue weighted by molar-refractivity contribution is 0.336. The summed E-state index contributed by atoms with van der Waals surface area (Å²) in [4.78, 5) is 8.91. The van der Waals surface area contributed by atoms with Crippen molar-refractivity contribution in [2.75, 3.05) is 20.2 Å². The molecule has 3 rings (SSSR count). The number of aliphatic imine (C=N–C) groups is 1. The highest BCUT2D eigenvalue weighted by Crippen LogP contribution is 2.20.